The van der Waals surface area contributed by atoms with Gasteiger partial charge in [-0.15, -0.1) is 0 Å². The maximum atomic E-state index is 13.0. The number of Topliss-reactive ketones (excluding diaryl/α,β-unsaturated/α-hetero) is 1. The first kappa shape index (κ1) is 25.1. The molecule has 1 heterocycles. The first-order chi connectivity index (χ1) is 15.5. The number of benzene rings is 2. The Kier molecular flexibility index (Phi) is 7.75. The third-order valence-electron chi connectivity index (χ3n) is 6.46. The van der Waals surface area contributed by atoms with E-state index >= 15 is 0 Å². The molecular weight excluding hydrogens is 438 g/mol. The summed E-state index contributed by atoms with van der Waals surface area (Å²) in [6, 6.07) is 10.8. The standard InChI is InChI=1S/C26H33NO5S/c1-17(2)21-6-8-23(9-7-21)33(30,31)27-12-10-22(11-13-27)26(29)32-16-25(28)24-15-19(4)18(3)14-20(24)5/h6-9,14-15,17,22H,10-13,16H2,1-5H3. The molecule has 1 aliphatic rings. The van der Waals surface area contributed by atoms with Gasteiger partial charge in [0.25, 0.3) is 0 Å². The van der Waals surface area contributed by atoms with E-state index in [0.717, 1.165) is 22.3 Å². The Labute approximate surface area is 197 Å². The Morgan fingerprint density at radius 3 is 2.12 bits per heavy atom. The van der Waals surface area contributed by atoms with E-state index in [1.54, 1.807) is 12.1 Å². The minimum Gasteiger partial charge on any atom is -0.457 e. The van der Waals surface area contributed by atoms with Gasteiger partial charge in [0.1, 0.15) is 0 Å². The molecule has 0 aliphatic carbocycles. The number of ether oxygens (including phenoxy) is 1. The van der Waals surface area contributed by atoms with Crippen molar-refractivity contribution in [2.75, 3.05) is 19.7 Å². The number of ketones is 1. The second-order valence-electron chi connectivity index (χ2n) is 9.18. The lowest BCUT2D eigenvalue weighted by molar-refractivity contribution is -0.148. The lowest BCUT2D eigenvalue weighted by Gasteiger charge is -2.30. The molecule has 0 atom stereocenters. The van der Waals surface area contributed by atoms with Crippen LogP contribution in [0.5, 0.6) is 0 Å². The first-order valence-electron chi connectivity index (χ1n) is 11.4. The van der Waals surface area contributed by atoms with Crippen LogP contribution in [0, 0.1) is 26.7 Å². The number of carbonyl (C=O) groups is 2. The number of hydrogen-bond donors (Lipinski definition) is 0. The Balaban J connectivity index is 1.55. The van der Waals surface area contributed by atoms with E-state index in [4.69, 9.17) is 4.74 Å². The monoisotopic (exact) mass is 471 g/mol. The van der Waals surface area contributed by atoms with Crippen LogP contribution in [-0.4, -0.2) is 44.2 Å². The molecule has 0 bridgehead atoms. The van der Waals surface area contributed by atoms with Gasteiger partial charge in [0.15, 0.2) is 6.61 Å². The molecule has 0 radical (unpaired) electrons. The van der Waals surface area contributed by atoms with Gasteiger partial charge < -0.3 is 4.74 Å². The summed E-state index contributed by atoms with van der Waals surface area (Å²) in [5, 5.41) is 0. The topological polar surface area (TPSA) is 80.8 Å². The predicted molar refractivity (Wildman–Crippen MR) is 128 cm³/mol. The highest BCUT2D eigenvalue weighted by Crippen LogP contribution is 2.26. The van der Waals surface area contributed by atoms with Crippen LogP contribution in [0.1, 0.15) is 65.2 Å². The number of hydrogen-bond acceptors (Lipinski definition) is 5. The second-order valence-corrected chi connectivity index (χ2v) is 11.1. The highest BCUT2D eigenvalue weighted by molar-refractivity contribution is 7.89. The fraction of sp³-hybridized carbons (Fsp3) is 0.462. The van der Waals surface area contributed by atoms with E-state index in [-0.39, 0.29) is 30.4 Å². The Morgan fingerprint density at radius 2 is 1.55 bits per heavy atom. The maximum absolute atomic E-state index is 13.0. The molecule has 0 spiro atoms. The van der Waals surface area contributed by atoms with Crippen molar-refractivity contribution in [2.45, 2.75) is 58.3 Å². The number of rotatable bonds is 7. The van der Waals surface area contributed by atoms with Crippen LogP contribution in [0.25, 0.3) is 0 Å². The van der Waals surface area contributed by atoms with Crippen molar-refractivity contribution in [3.63, 3.8) is 0 Å². The summed E-state index contributed by atoms with van der Waals surface area (Å²) in [4.78, 5) is 25.3. The molecule has 0 N–H and O–H groups in total. The number of nitrogens with zero attached hydrogens (tertiary/aromatic N) is 1. The zero-order valence-electron chi connectivity index (χ0n) is 20.1. The van der Waals surface area contributed by atoms with Crippen LogP contribution in [0.2, 0.25) is 0 Å². The van der Waals surface area contributed by atoms with Crippen LogP contribution in [0.3, 0.4) is 0 Å². The van der Waals surface area contributed by atoms with Gasteiger partial charge in [-0.2, -0.15) is 4.31 Å². The number of esters is 1. The van der Waals surface area contributed by atoms with E-state index in [2.05, 4.69) is 13.8 Å². The van der Waals surface area contributed by atoms with Crippen LogP contribution in [0.4, 0.5) is 0 Å². The molecule has 2 aromatic rings. The van der Waals surface area contributed by atoms with Crippen LogP contribution >= 0.6 is 0 Å². The molecule has 0 saturated carbocycles. The molecule has 33 heavy (non-hydrogen) atoms. The smallest absolute Gasteiger partial charge is 0.309 e. The lowest BCUT2D eigenvalue weighted by Crippen LogP contribution is -2.40. The van der Waals surface area contributed by atoms with Crippen molar-refractivity contribution >= 4 is 21.8 Å². The van der Waals surface area contributed by atoms with Crippen molar-refractivity contribution in [1.82, 2.24) is 4.31 Å². The molecule has 1 saturated heterocycles. The minimum absolute atomic E-state index is 0.228. The minimum atomic E-state index is -3.60. The molecule has 6 nitrogen and oxygen atoms in total. The fourth-order valence-corrected chi connectivity index (χ4v) is 5.57. The average Bonchev–Trinajstić information content (AvgIpc) is 2.79. The summed E-state index contributed by atoms with van der Waals surface area (Å²) in [6.07, 6.45) is 0.748. The molecule has 3 rings (SSSR count). The third-order valence-corrected chi connectivity index (χ3v) is 8.37. The Hall–Kier alpha value is -2.51. The fourth-order valence-electron chi connectivity index (χ4n) is 4.10. The van der Waals surface area contributed by atoms with Gasteiger partial charge in [-0.25, -0.2) is 8.42 Å². The van der Waals surface area contributed by atoms with Crippen molar-refractivity contribution in [3.8, 4) is 0 Å². The molecule has 1 fully saturated rings. The van der Waals surface area contributed by atoms with Crippen LogP contribution in [-0.2, 0) is 19.6 Å². The first-order valence-corrected chi connectivity index (χ1v) is 12.8. The number of piperidine rings is 1. The van der Waals surface area contributed by atoms with Gasteiger partial charge in [0, 0.05) is 18.7 Å². The molecule has 0 unspecified atom stereocenters. The predicted octanol–water partition coefficient (Wildman–Crippen LogP) is 4.56. The van der Waals surface area contributed by atoms with Crippen molar-refractivity contribution in [2.24, 2.45) is 5.92 Å². The number of aryl methyl sites for hydroxylation is 3. The molecule has 0 aromatic heterocycles. The summed E-state index contributed by atoms with van der Waals surface area (Å²) in [7, 11) is -3.60. The van der Waals surface area contributed by atoms with E-state index in [9.17, 15) is 18.0 Å². The summed E-state index contributed by atoms with van der Waals surface area (Å²) < 4.78 is 32.7. The number of carbonyl (C=O) groups excluding carboxylic acids is 2. The summed E-state index contributed by atoms with van der Waals surface area (Å²) in [5.74, 6) is -0.750. The SMILES string of the molecule is Cc1cc(C)c(C(=O)COC(=O)C2CCN(S(=O)(=O)c3ccc(C(C)C)cc3)CC2)cc1C. The van der Waals surface area contributed by atoms with Crippen LogP contribution in [0.15, 0.2) is 41.3 Å². The Bertz CT molecular complexity index is 1130. The second kappa shape index (κ2) is 10.2. The largest absolute Gasteiger partial charge is 0.457 e. The molecule has 0 amide bonds. The van der Waals surface area contributed by atoms with Gasteiger partial charge >= 0.3 is 5.97 Å². The summed E-state index contributed by atoms with van der Waals surface area (Å²) in [5.41, 5.74) is 4.64. The van der Waals surface area contributed by atoms with Gasteiger partial charge in [0.2, 0.25) is 15.8 Å². The van der Waals surface area contributed by atoms with E-state index in [1.807, 2.05) is 45.0 Å². The molecule has 2 aromatic carbocycles. The summed E-state index contributed by atoms with van der Waals surface area (Å²) >= 11 is 0. The zero-order chi connectivity index (χ0) is 24.3. The molecule has 178 valence electrons. The van der Waals surface area contributed by atoms with Crippen LogP contribution < -0.4 is 0 Å². The van der Waals surface area contributed by atoms with Crippen molar-refractivity contribution < 1.29 is 22.7 Å². The normalized spacial score (nSPS) is 15.6. The van der Waals surface area contributed by atoms with Gasteiger partial charge in [-0.1, -0.05) is 32.0 Å². The molecule has 1 aliphatic heterocycles. The lowest BCUT2D eigenvalue weighted by atomic mass is 9.97. The van der Waals surface area contributed by atoms with E-state index in [1.165, 1.54) is 4.31 Å². The highest BCUT2D eigenvalue weighted by atomic mass is 32.2. The third kappa shape index (κ3) is 5.71. The highest BCUT2D eigenvalue weighted by Gasteiger charge is 2.33. The van der Waals surface area contributed by atoms with Gasteiger partial charge in [0.05, 0.1) is 10.8 Å². The zero-order valence-corrected chi connectivity index (χ0v) is 20.9. The van der Waals surface area contributed by atoms with Gasteiger partial charge in [-0.3, -0.25) is 9.59 Å². The van der Waals surface area contributed by atoms with Crippen molar-refractivity contribution in [3.05, 3.63) is 64.2 Å². The quantitative estimate of drug-likeness (QED) is 0.437. The summed E-state index contributed by atoms with van der Waals surface area (Å²) in [6.45, 7) is 10.1. The molecular formula is C26H33NO5S. The van der Waals surface area contributed by atoms with E-state index < -0.39 is 21.9 Å². The van der Waals surface area contributed by atoms with Crippen molar-refractivity contribution in [1.29, 1.82) is 0 Å². The van der Waals surface area contributed by atoms with Gasteiger partial charge in [-0.05, 0) is 80.0 Å². The molecule has 7 heteroatoms. The average molecular weight is 472 g/mol. The number of sulfonamides is 1. The Morgan fingerprint density at radius 1 is 0.970 bits per heavy atom. The maximum Gasteiger partial charge on any atom is 0.309 e. The van der Waals surface area contributed by atoms with E-state index in [0.29, 0.717) is 24.3 Å².